The van der Waals surface area contributed by atoms with E-state index in [2.05, 4.69) is 0 Å². The maximum absolute atomic E-state index is 10.3. The summed E-state index contributed by atoms with van der Waals surface area (Å²) < 4.78 is 29.1. The fourth-order valence-electron chi connectivity index (χ4n) is 1.01. The van der Waals surface area contributed by atoms with Crippen molar-refractivity contribution < 1.29 is 13.0 Å². The van der Waals surface area contributed by atoms with Crippen molar-refractivity contribution in [3.8, 4) is 0 Å². The van der Waals surface area contributed by atoms with Crippen molar-refractivity contribution >= 4 is 21.9 Å². The van der Waals surface area contributed by atoms with E-state index in [9.17, 15) is 8.42 Å². The molecule has 60 valence electrons. The minimum absolute atomic E-state index is 0.0556. The van der Waals surface area contributed by atoms with E-state index in [-0.39, 0.29) is 11.7 Å². The largest absolute Gasteiger partial charge is 0.286 e. The van der Waals surface area contributed by atoms with Gasteiger partial charge >= 0.3 is 0 Å². The van der Waals surface area contributed by atoms with Gasteiger partial charge in [0.1, 0.15) is 0 Å². The molecule has 0 radical (unpaired) electrons. The van der Waals surface area contributed by atoms with Gasteiger partial charge in [0.05, 0.1) is 5.75 Å². The second-order valence-corrected chi connectivity index (χ2v) is 5.13. The molecule has 1 N–H and O–H groups in total. The SMILES string of the molecule is O=S(=O)(O)C[C@H]1CCSC1. The van der Waals surface area contributed by atoms with Crippen LogP contribution < -0.4 is 0 Å². The first-order valence-corrected chi connectivity index (χ1v) is 5.87. The lowest BCUT2D eigenvalue weighted by molar-refractivity contribution is 0.470. The van der Waals surface area contributed by atoms with E-state index in [1.54, 1.807) is 11.8 Å². The van der Waals surface area contributed by atoms with Crippen LogP contribution >= 0.6 is 11.8 Å². The van der Waals surface area contributed by atoms with Crippen LogP contribution in [-0.4, -0.2) is 30.2 Å². The molecule has 5 heteroatoms. The summed E-state index contributed by atoms with van der Waals surface area (Å²) in [5.41, 5.74) is 0. The van der Waals surface area contributed by atoms with Crippen molar-refractivity contribution in [3.63, 3.8) is 0 Å². The second-order valence-electron chi connectivity index (χ2n) is 2.48. The average Bonchev–Trinajstić information content (AvgIpc) is 2.12. The molecule has 0 saturated carbocycles. The van der Waals surface area contributed by atoms with E-state index in [1.807, 2.05) is 0 Å². The summed E-state index contributed by atoms with van der Waals surface area (Å²) in [7, 11) is -3.72. The first-order valence-electron chi connectivity index (χ1n) is 3.11. The molecule has 1 aliphatic rings. The molecule has 1 aliphatic heterocycles. The van der Waals surface area contributed by atoms with Crippen LogP contribution in [0.3, 0.4) is 0 Å². The number of hydrogen-bond acceptors (Lipinski definition) is 3. The third-order valence-corrected chi connectivity index (χ3v) is 3.59. The molecule has 0 spiro atoms. The lowest BCUT2D eigenvalue weighted by atomic mass is 10.2. The van der Waals surface area contributed by atoms with Gasteiger partial charge in [0.15, 0.2) is 0 Å². The van der Waals surface area contributed by atoms with Gasteiger partial charge in [-0.25, -0.2) is 0 Å². The minimum Gasteiger partial charge on any atom is -0.286 e. The maximum Gasteiger partial charge on any atom is 0.265 e. The Morgan fingerprint density at radius 3 is 2.70 bits per heavy atom. The second kappa shape index (κ2) is 3.11. The highest BCUT2D eigenvalue weighted by Crippen LogP contribution is 2.24. The van der Waals surface area contributed by atoms with Gasteiger partial charge < -0.3 is 0 Å². The first kappa shape index (κ1) is 8.36. The van der Waals surface area contributed by atoms with Gasteiger partial charge in [-0.05, 0) is 23.8 Å². The topological polar surface area (TPSA) is 54.4 Å². The Hall–Kier alpha value is 0.260. The molecule has 10 heavy (non-hydrogen) atoms. The van der Waals surface area contributed by atoms with E-state index in [0.717, 1.165) is 17.9 Å². The zero-order chi connectivity index (χ0) is 7.61. The van der Waals surface area contributed by atoms with Crippen LogP contribution in [0.1, 0.15) is 6.42 Å². The Kier molecular flexibility index (Phi) is 2.60. The molecule has 3 nitrogen and oxygen atoms in total. The van der Waals surface area contributed by atoms with E-state index in [4.69, 9.17) is 4.55 Å². The first-order chi connectivity index (χ1) is 4.58. The number of rotatable bonds is 2. The zero-order valence-corrected chi connectivity index (χ0v) is 7.12. The molecule has 1 rings (SSSR count). The predicted molar refractivity (Wildman–Crippen MR) is 41.8 cm³/mol. The summed E-state index contributed by atoms with van der Waals surface area (Å²) in [6.07, 6.45) is 0.921. The van der Waals surface area contributed by atoms with E-state index in [1.165, 1.54) is 0 Å². The molecule has 0 aromatic carbocycles. The zero-order valence-electron chi connectivity index (χ0n) is 5.49. The fraction of sp³-hybridized carbons (Fsp3) is 1.00. The normalized spacial score (nSPS) is 27.1. The highest BCUT2D eigenvalue weighted by Gasteiger charge is 2.20. The molecule has 0 amide bonds. The van der Waals surface area contributed by atoms with Gasteiger partial charge in [0.25, 0.3) is 10.1 Å². The molecule has 1 saturated heterocycles. The maximum atomic E-state index is 10.3. The van der Waals surface area contributed by atoms with Crippen LogP contribution in [0.15, 0.2) is 0 Å². The molecule has 0 aromatic rings. The molecule has 0 bridgehead atoms. The van der Waals surface area contributed by atoms with Crippen LogP contribution in [0, 0.1) is 5.92 Å². The van der Waals surface area contributed by atoms with E-state index >= 15 is 0 Å². The van der Waals surface area contributed by atoms with Crippen LogP contribution in [0.5, 0.6) is 0 Å². The fourth-order valence-corrected chi connectivity index (χ4v) is 3.33. The summed E-state index contributed by atoms with van der Waals surface area (Å²) in [4.78, 5) is 0. The Morgan fingerprint density at radius 1 is 1.60 bits per heavy atom. The summed E-state index contributed by atoms with van der Waals surface area (Å²) >= 11 is 1.75. The lowest BCUT2D eigenvalue weighted by Crippen LogP contribution is -2.14. The molecule has 0 aliphatic carbocycles. The van der Waals surface area contributed by atoms with E-state index < -0.39 is 10.1 Å². The van der Waals surface area contributed by atoms with E-state index in [0.29, 0.717) is 0 Å². The highest BCUT2D eigenvalue weighted by molar-refractivity contribution is 7.99. The summed E-state index contributed by atoms with van der Waals surface area (Å²) in [5.74, 6) is 2.03. The quantitative estimate of drug-likeness (QED) is 0.636. The summed E-state index contributed by atoms with van der Waals surface area (Å²) in [6, 6.07) is 0. The van der Waals surface area contributed by atoms with Crippen LogP contribution in [0.4, 0.5) is 0 Å². The van der Waals surface area contributed by atoms with Gasteiger partial charge in [0, 0.05) is 0 Å². The molecule has 1 atom stereocenters. The van der Waals surface area contributed by atoms with Gasteiger partial charge in [-0.15, -0.1) is 0 Å². The Bertz CT molecular complexity index is 191. The lowest BCUT2D eigenvalue weighted by Gasteiger charge is -2.02. The van der Waals surface area contributed by atoms with Gasteiger partial charge in [0.2, 0.25) is 0 Å². The van der Waals surface area contributed by atoms with Crippen molar-refractivity contribution in [2.45, 2.75) is 6.42 Å². The van der Waals surface area contributed by atoms with Crippen LogP contribution in [0.25, 0.3) is 0 Å². The molecular formula is C5H10O3S2. The number of thioether (sulfide) groups is 1. The Morgan fingerprint density at radius 2 is 2.30 bits per heavy atom. The molecule has 1 fully saturated rings. The smallest absolute Gasteiger partial charge is 0.265 e. The van der Waals surface area contributed by atoms with Crippen molar-refractivity contribution in [2.24, 2.45) is 5.92 Å². The van der Waals surface area contributed by atoms with Crippen LogP contribution in [-0.2, 0) is 10.1 Å². The molecule has 1 heterocycles. The molecule has 0 aromatic heterocycles. The van der Waals surface area contributed by atoms with Crippen molar-refractivity contribution in [1.29, 1.82) is 0 Å². The monoisotopic (exact) mass is 182 g/mol. The third kappa shape index (κ3) is 2.90. The summed E-state index contributed by atoms with van der Waals surface area (Å²) in [5, 5.41) is 0. The highest BCUT2D eigenvalue weighted by atomic mass is 32.2. The summed E-state index contributed by atoms with van der Waals surface area (Å²) in [6.45, 7) is 0. The van der Waals surface area contributed by atoms with Gasteiger partial charge in [-0.2, -0.15) is 20.2 Å². The Balaban J connectivity index is 2.38. The van der Waals surface area contributed by atoms with Gasteiger partial charge in [-0.3, -0.25) is 4.55 Å². The number of hydrogen-bond donors (Lipinski definition) is 1. The van der Waals surface area contributed by atoms with Crippen LogP contribution in [0.2, 0.25) is 0 Å². The van der Waals surface area contributed by atoms with Crippen molar-refractivity contribution in [3.05, 3.63) is 0 Å². The third-order valence-electron chi connectivity index (χ3n) is 1.47. The Labute approximate surface area is 64.9 Å². The minimum atomic E-state index is -3.72. The molecular weight excluding hydrogens is 172 g/mol. The van der Waals surface area contributed by atoms with Crippen molar-refractivity contribution in [1.82, 2.24) is 0 Å². The van der Waals surface area contributed by atoms with Crippen molar-refractivity contribution in [2.75, 3.05) is 17.3 Å². The molecule has 0 unspecified atom stereocenters. The predicted octanol–water partition coefficient (Wildman–Crippen LogP) is 0.627. The average molecular weight is 182 g/mol. The standard InChI is InChI=1S/C5H10O3S2/c6-10(7,8)4-5-1-2-9-3-5/h5H,1-4H2,(H,6,7,8)/t5-/m0/s1. The van der Waals surface area contributed by atoms with Gasteiger partial charge in [-0.1, -0.05) is 0 Å².